The summed E-state index contributed by atoms with van der Waals surface area (Å²) in [5, 5.41) is 21.4. The van der Waals surface area contributed by atoms with E-state index in [1.165, 1.54) is 11.0 Å². The molecule has 1 saturated heterocycles. The molecule has 3 N–H and O–H groups in total. The molecule has 208 valence electrons. The monoisotopic (exact) mass is 570 g/mol. The van der Waals surface area contributed by atoms with E-state index in [0.717, 1.165) is 30.7 Å². The smallest absolute Gasteiger partial charge is 0.248 e. The molecule has 0 bridgehead atoms. The molecule has 1 aliphatic heterocycles. The number of halogens is 2. The average molecular weight is 571 g/mol. The van der Waals surface area contributed by atoms with Crippen LogP contribution in [0.2, 0.25) is 5.02 Å². The van der Waals surface area contributed by atoms with Gasteiger partial charge in [-0.05, 0) is 36.5 Å². The molecular weight excluding hydrogens is 539 g/mol. The Balaban J connectivity index is 1.40. The van der Waals surface area contributed by atoms with Crippen molar-refractivity contribution in [1.29, 1.82) is 0 Å². The van der Waals surface area contributed by atoms with Gasteiger partial charge in [-0.3, -0.25) is 9.59 Å². The number of nitrogens with one attached hydrogen (secondary N) is 2. The lowest BCUT2D eigenvalue weighted by atomic mass is 9.85. The maximum Gasteiger partial charge on any atom is 0.248 e. The van der Waals surface area contributed by atoms with Gasteiger partial charge in [0, 0.05) is 43.2 Å². The fourth-order valence-corrected chi connectivity index (χ4v) is 5.83. The Morgan fingerprint density at radius 1 is 1.26 bits per heavy atom. The molecule has 38 heavy (non-hydrogen) atoms. The van der Waals surface area contributed by atoms with Crippen LogP contribution < -0.4 is 10.0 Å². The zero-order chi connectivity index (χ0) is 27.8. The number of aliphatic hydroxyl groups excluding tert-OH is 1. The highest BCUT2D eigenvalue weighted by Crippen LogP contribution is 2.40. The summed E-state index contributed by atoms with van der Waals surface area (Å²) < 4.78 is 42.6. The minimum atomic E-state index is -4.17. The van der Waals surface area contributed by atoms with Crippen LogP contribution in [0.25, 0.3) is 0 Å². The van der Waals surface area contributed by atoms with Gasteiger partial charge in [-0.2, -0.15) is 0 Å². The Bertz CT molecular complexity index is 1310. The third kappa shape index (κ3) is 6.33. The molecule has 2 heterocycles. The van der Waals surface area contributed by atoms with Gasteiger partial charge in [0.25, 0.3) is 0 Å². The van der Waals surface area contributed by atoms with E-state index in [1.54, 1.807) is 10.9 Å². The summed E-state index contributed by atoms with van der Waals surface area (Å²) in [5.74, 6) is -1.52. The minimum Gasteiger partial charge on any atom is -0.391 e. The summed E-state index contributed by atoms with van der Waals surface area (Å²) in [6.45, 7) is 5.34. The molecule has 4 rings (SSSR count). The van der Waals surface area contributed by atoms with Crippen molar-refractivity contribution in [2.75, 3.05) is 19.6 Å². The topological polar surface area (TPSA) is 147 Å². The second kappa shape index (κ2) is 10.9. The third-order valence-electron chi connectivity index (χ3n) is 6.61. The molecule has 2 amide bonds. The quantitative estimate of drug-likeness (QED) is 0.388. The molecule has 14 heteroatoms. The van der Waals surface area contributed by atoms with Gasteiger partial charge in [-0.1, -0.05) is 37.6 Å². The second-order valence-electron chi connectivity index (χ2n) is 10.8. The number of rotatable bonds is 9. The molecule has 1 aliphatic carbocycles. The normalized spacial score (nSPS) is 20.9. The summed E-state index contributed by atoms with van der Waals surface area (Å²) in [6, 6.07) is 1.51. The number of likely N-dealkylation sites (tertiary alicyclic amines) is 1. The van der Waals surface area contributed by atoms with Crippen molar-refractivity contribution in [3.05, 3.63) is 40.9 Å². The Morgan fingerprint density at radius 2 is 1.97 bits per heavy atom. The van der Waals surface area contributed by atoms with Crippen LogP contribution in [0.1, 0.15) is 57.7 Å². The molecule has 0 unspecified atom stereocenters. The lowest BCUT2D eigenvalue weighted by Crippen LogP contribution is -2.51. The number of hydrogen-bond donors (Lipinski definition) is 3. The van der Waals surface area contributed by atoms with E-state index < -0.39 is 50.2 Å². The number of nitrogens with zero attached hydrogens (tertiary/aromatic N) is 4. The van der Waals surface area contributed by atoms with Crippen LogP contribution >= 0.6 is 11.6 Å². The van der Waals surface area contributed by atoms with Gasteiger partial charge in [0.2, 0.25) is 21.8 Å². The van der Waals surface area contributed by atoms with Gasteiger partial charge in [-0.25, -0.2) is 22.2 Å². The van der Waals surface area contributed by atoms with Crippen LogP contribution in [-0.2, 0) is 19.6 Å². The Hall–Kier alpha value is -2.61. The standard InChI is InChI=1S/C24H32ClFN6O5S/c1-24(2,3)21(32-13-18(29-30-32)14-4-5-14)23(35)31-12-16(33)11-19(31)22(34)27-8-9-28-38(36,37)20-7-6-15(25)10-17(20)26/h6-7,10,13-14,16,19,21,28,33H,4-5,8-9,11-12H2,1-3H3,(H,27,34)/t16-,19+,21-/m1/s1. The summed E-state index contributed by atoms with van der Waals surface area (Å²) in [6.07, 6.45) is 3.01. The van der Waals surface area contributed by atoms with Crippen LogP contribution in [-0.4, -0.2) is 77.0 Å². The van der Waals surface area contributed by atoms with E-state index in [4.69, 9.17) is 11.6 Å². The van der Waals surface area contributed by atoms with Crippen LogP contribution in [0.15, 0.2) is 29.3 Å². The highest BCUT2D eigenvalue weighted by Gasteiger charge is 2.45. The second-order valence-corrected chi connectivity index (χ2v) is 13.0. The highest BCUT2D eigenvalue weighted by atomic mass is 35.5. The molecule has 2 fully saturated rings. The zero-order valence-electron chi connectivity index (χ0n) is 21.4. The Morgan fingerprint density at radius 3 is 2.61 bits per heavy atom. The predicted octanol–water partition coefficient (Wildman–Crippen LogP) is 1.59. The number of benzene rings is 1. The molecule has 0 radical (unpaired) electrons. The lowest BCUT2D eigenvalue weighted by molar-refractivity contribution is -0.144. The molecule has 1 aromatic carbocycles. The maximum absolute atomic E-state index is 14.0. The number of carbonyl (C=O) groups excluding carboxylic acids is 2. The van der Waals surface area contributed by atoms with Crippen molar-refractivity contribution >= 4 is 33.4 Å². The van der Waals surface area contributed by atoms with Crippen molar-refractivity contribution in [2.24, 2.45) is 5.41 Å². The molecule has 11 nitrogen and oxygen atoms in total. The van der Waals surface area contributed by atoms with Crippen molar-refractivity contribution < 1.29 is 27.5 Å². The number of carbonyl (C=O) groups is 2. The van der Waals surface area contributed by atoms with Gasteiger partial charge in [0.15, 0.2) is 0 Å². The minimum absolute atomic E-state index is 0.0177. The number of aliphatic hydroxyl groups is 1. The summed E-state index contributed by atoms with van der Waals surface area (Å²) in [5.41, 5.74) is 0.277. The van der Waals surface area contributed by atoms with Crippen LogP contribution in [0.4, 0.5) is 4.39 Å². The number of amides is 2. The molecule has 2 aromatic rings. The number of aromatic nitrogens is 3. The highest BCUT2D eigenvalue weighted by molar-refractivity contribution is 7.89. The first-order chi connectivity index (χ1) is 17.8. The molecule has 2 aliphatic rings. The fraction of sp³-hybridized carbons (Fsp3) is 0.583. The number of β-amino-alcohol motifs (C(OH)–C–C–N with tert-alkyl or cyclic N) is 1. The van der Waals surface area contributed by atoms with Gasteiger partial charge >= 0.3 is 0 Å². The third-order valence-corrected chi connectivity index (χ3v) is 8.34. The van der Waals surface area contributed by atoms with Gasteiger partial charge in [0.05, 0.1) is 11.8 Å². The van der Waals surface area contributed by atoms with E-state index in [1.807, 2.05) is 20.8 Å². The SMILES string of the molecule is CC(C)(C)[C@@H](C(=O)N1C[C@H](O)C[C@H]1C(=O)NCCNS(=O)(=O)c1ccc(Cl)cc1F)n1cc(C2CC2)nn1. The van der Waals surface area contributed by atoms with Crippen LogP contribution in [0.3, 0.4) is 0 Å². The summed E-state index contributed by atoms with van der Waals surface area (Å²) >= 11 is 5.67. The Kier molecular flexibility index (Phi) is 8.12. The Labute approximate surface area is 225 Å². The van der Waals surface area contributed by atoms with E-state index >= 15 is 0 Å². The fourth-order valence-electron chi connectivity index (χ4n) is 4.59. The van der Waals surface area contributed by atoms with Gasteiger partial charge in [0.1, 0.15) is 22.8 Å². The molecular formula is C24H32ClFN6O5S. The first kappa shape index (κ1) is 28.4. The average Bonchev–Trinajstić information content (AvgIpc) is 3.42. The summed E-state index contributed by atoms with van der Waals surface area (Å²) in [4.78, 5) is 27.5. The van der Waals surface area contributed by atoms with Gasteiger partial charge < -0.3 is 15.3 Å². The first-order valence-corrected chi connectivity index (χ1v) is 14.3. The summed E-state index contributed by atoms with van der Waals surface area (Å²) in [7, 11) is -4.17. The number of sulfonamides is 1. The first-order valence-electron chi connectivity index (χ1n) is 12.4. The lowest BCUT2D eigenvalue weighted by Gasteiger charge is -2.34. The maximum atomic E-state index is 14.0. The van der Waals surface area contributed by atoms with Crippen molar-refractivity contribution in [2.45, 2.75) is 69.0 Å². The van der Waals surface area contributed by atoms with Crippen LogP contribution in [0.5, 0.6) is 0 Å². The van der Waals surface area contributed by atoms with E-state index in [2.05, 4.69) is 20.4 Å². The van der Waals surface area contributed by atoms with Crippen LogP contribution in [0, 0.1) is 11.2 Å². The largest absolute Gasteiger partial charge is 0.391 e. The predicted molar refractivity (Wildman–Crippen MR) is 136 cm³/mol. The molecule has 3 atom stereocenters. The molecule has 0 spiro atoms. The van der Waals surface area contributed by atoms with E-state index in [9.17, 15) is 27.5 Å². The van der Waals surface area contributed by atoms with Crippen molar-refractivity contribution in [1.82, 2.24) is 29.9 Å². The molecule has 1 aromatic heterocycles. The molecule has 1 saturated carbocycles. The number of hydrogen-bond acceptors (Lipinski definition) is 7. The van der Waals surface area contributed by atoms with Crippen molar-refractivity contribution in [3.63, 3.8) is 0 Å². The van der Waals surface area contributed by atoms with E-state index in [-0.39, 0.29) is 37.0 Å². The van der Waals surface area contributed by atoms with Crippen molar-refractivity contribution in [3.8, 4) is 0 Å². The van der Waals surface area contributed by atoms with Gasteiger partial charge in [-0.15, -0.1) is 5.10 Å². The zero-order valence-corrected chi connectivity index (χ0v) is 23.0. The van der Waals surface area contributed by atoms with E-state index in [0.29, 0.717) is 5.92 Å².